The van der Waals surface area contributed by atoms with Crippen LogP contribution in [0.4, 0.5) is 5.69 Å². The summed E-state index contributed by atoms with van der Waals surface area (Å²) in [4.78, 5) is 13.4. The minimum absolute atomic E-state index is 0.0400. The van der Waals surface area contributed by atoms with Gasteiger partial charge in [-0.2, -0.15) is 0 Å². The molecule has 0 aliphatic rings. The summed E-state index contributed by atoms with van der Waals surface area (Å²) in [5.74, 6) is 0.0400. The van der Waals surface area contributed by atoms with Crippen molar-refractivity contribution in [1.29, 1.82) is 0 Å². The van der Waals surface area contributed by atoms with Crippen LogP contribution in [0, 0.1) is 0 Å². The van der Waals surface area contributed by atoms with Crippen LogP contribution in [0.15, 0.2) is 24.3 Å². The highest BCUT2D eigenvalue weighted by atomic mass is 16.2. The van der Waals surface area contributed by atoms with E-state index < -0.39 is 0 Å². The van der Waals surface area contributed by atoms with E-state index in [1.807, 2.05) is 24.3 Å². The maximum Gasteiger partial charge on any atom is 0.253 e. The number of nitrogens with zero attached hydrogens (tertiary/aromatic N) is 1. The number of hydrogen-bond acceptors (Lipinski definition) is 2. The lowest BCUT2D eigenvalue weighted by molar-refractivity contribution is 0.0827. The Bertz CT molecular complexity index is 370. The van der Waals surface area contributed by atoms with E-state index in [2.05, 4.69) is 19.2 Å². The second kappa shape index (κ2) is 6.28. The van der Waals surface area contributed by atoms with Gasteiger partial charge in [0.1, 0.15) is 0 Å². The Morgan fingerprint density at radius 3 is 2.47 bits per heavy atom. The second-order valence-corrected chi connectivity index (χ2v) is 4.44. The molecule has 0 aromatic heterocycles. The lowest BCUT2D eigenvalue weighted by Gasteiger charge is -2.17. The van der Waals surface area contributed by atoms with Gasteiger partial charge in [0.25, 0.3) is 5.91 Å². The lowest BCUT2D eigenvalue weighted by atomic mass is 10.1. The van der Waals surface area contributed by atoms with Gasteiger partial charge in [-0.25, -0.2) is 0 Å². The second-order valence-electron chi connectivity index (χ2n) is 4.44. The van der Waals surface area contributed by atoms with Crippen LogP contribution >= 0.6 is 0 Å². The van der Waals surface area contributed by atoms with Crippen molar-refractivity contribution < 1.29 is 4.79 Å². The Balaban J connectivity index is 2.82. The number of hydrogen-bond donors (Lipinski definition) is 1. The van der Waals surface area contributed by atoms with E-state index in [-0.39, 0.29) is 5.91 Å². The molecule has 0 saturated carbocycles. The summed E-state index contributed by atoms with van der Waals surface area (Å²) < 4.78 is 0. The summed E-state index contributed by atoms with van der Waals surface area (Å²) in [6.45, 7) is 4.33. The zero-order valence-corrected chi connectivity index (χ0v) is 11.2. The van der Waals surface area contributed by atoms with Crippen molar-refractivity contribution >= 4 is 11.6 Å². The molecule has 0 unspecified atom stereocenters. The third-order valence-electron chi connectivity index (χ3n) is 2.87. The van der Waals surface area contributed by atoms with Gasteiger partial charge in [0.05, 0.1) is 0 Å². The first-order valence-corrected chi connectivity index (χ1v) is 6.16. The van der Waals surface area contributed by atoms with Crippen molar-refractivity contribution in [1.82, 2.24) is 4.90 Å². The molecule has 0 bridgehead atoms. The fraction of sp³-hybridized carbons (Fsp3) is 0.500. The molecule has 1 rings (SSSR count). The maximum atomic E-state index is 11.8. The van der Waals surface area contributed by atoms with E-state index in [4.69, 9.17) is 0 Å². The first kappa shape index (κ1) is 13.6. The van der Waals surface area contributed by atoms with Gasteiger partial charge in [0.15, 0.2) is 0 Å². The minimum Gasteiger partial charge on any atom is -0.382 e. The van der Waals surface area contributed by atoms with E-state index in [1.54, 1.807) is 19.0 Å². The first-order chi connectivity index (χ1) is 8.08. The third-order valence-corrected chi connectivity index (χ3v) is 2.87. The van der Waals surface area contributed by atoms with Gasteiger partial charge < -0.3 is 10.2 Å². The molecule has 0 heterocycles. The van der Waals surface area contributed by atoms with Gasteiger partial charge >= 0.3 is 0 Å². The summed E-state index contributed by atoms with van der Waals surface area (Å²) in [5.41, 5.74) is 1.75. The van der Waals surface area contributed by atoms with Crippen LogP contribution in [0.5, 0.6) is 0 Å². The average molecular weight is 234 g/mol. The van der Waals surface area contributed by atoms with Crippen LogP contribution in [0.1, 0.15) is 37.0 Å². The molecular formula is C14H22N2O. The van der Waals surface area contributed by atoms with Crippen LogP contribution in [-0.4, -0.2) is 30.9 Å². The normalized spacial score (nSPS) is 10.4. The van der Waals surface area contributed by atoms with Gasteiger partial charge in [-0.15, -0.1) is 0 Å². The molecule has 0 fully saturated rings. The molecule has 0 saturated heterocycles. The summed E-state index contributed by atoms with van der Waals surface area (Å²) in [7, 11) is 3.53. The molecule has 0 spiro atoms. The van der Waals surface area contributed by atoms with Gasteiger partial charge in [0, 0.05) is 31.4 Å². The minimum atomic E-state index is 0.0400. The van der Waals surface area contributed by atoms with Crippen LogP contribution in [0.3, 0.4) is 0 Å². The van der Waals surface area contributed by atoms with E-state index in [9.17, 15) is 4.79 Å². The van der Waals surface area contributed by atoms with Crippen molar-refractivity contribution in [3.8, 4) is 0 Å². The number of amides is 1. The molecule has 0 aliphatic carbocycles. The highest BCUT2D eigenvalue weighted by Gasteiger charge is 2.09. The summed E-state index contributed by atoms with van der Waals surface area (Å²) in [6.07, 6.45) is 2.17. The molecule has 17 heavy (non-hydrogen) atoms. The van der Waals surface area contributed by atoms with Crippen LogP contribution in [0.25, 0.3) is 0 Å². The Morgan fingerprint density at radius 1 is 1.29 bits per heavy atom. The molecule has 1 aromatic rings. The first-order valence-electron chi connectivity index (χ1n) is 6.16. The molecule has 3 nitrogen and oxygen atoms in total. The van der Waals surface area contributed by atoms with E-state index in [0.29, 0.717) is 6.04 Å². The highest BCUT2D eigenvalue weighted by Crippen LogP contribution is 2.15. The van der Waals surface area contributed by atoms with Gasteiger partial charge in [-0.3, -0.25) is 4.79 Å². The summed E-state index contributed by atoms with van der Waals surface area (Å²) in [6, 6.07) is 8.16. The van der Waals surface area contributed by atoms with Crippen molar-refractivity contribution in [2.75, 3.05) is 19.4 Å². The fourth-order valence-electron chi connectivity index (χ4n) is 1.73. The van der Waals surface area contributed by atoms with E-state index in [1.165, 1.54) is 0 Å². The number of carbonyl (C=O) groups excluding carboxylic acids is 1. The monoisotopic (exact) mass is 234 g/mol. The zero-order chi connectivity index (χ0) is 12.8. The van der Waals surface area contributed by atoms with Crippen molar-refractivity contribution in [3.63, 3.8) is 0 Å². The average Bonchev–Trinajstić information content (AvgIpc) is 2.35. The maximum absolute atomic E-state index is 11.8. The van der Waals surface area contributed by atoms with Gasteiger partial charge in [-0.1, -0.05) is 19.9 Å². The number of benzene rings is 1. The number of anilines is 1. The molecule has 1 N–H and O–H groups in total. The quantitative estimate of drug-likeness (QED) is 0.849. The van der Waals surface area contributed by atoms with E-state index in [0.717, 1.165) is 24.1 Å². The van der Waals surface area contributed by atoms with Gasteiger partial charge in [-0.05, 0) is 31.0 Å². The Morgan fingerprint density at radius 2 is 1.94 bits per heavy atom. The van der Waals surface area contributed by atoms with Crippen molar-refractivity contribution in [2.24, 2.45) is 0 Å². The molecule has 0 aliphatic heterocycles. The molecular weight excluding hydrogens is 212 g/mol. The zero-order valence-electron chi connectivity index (χ0n) is 11.2. The van der Waals surface area contributed by atoms with E-state index >= 15 is 0 Å². The van der Waals surface area contributed by atoms with Crippen molar-refractivity contribution in [2.45, 2.75) is 32.7 Å². The topological polar surface area (TPSA) is 32.3 Å². The number of carbonyl (C=O) groups is 1. The summed E-state index contributed by atoms with van der Waals surface area (Å²) >= 11 is 0. The predicted octanol–water partition coefficient (Wildman–Crippen LogP) is 2.99. The lowest BCUT2D eigenvalue weighted by Crippen LogP contribution is -2.22. The van der Waals surface area contributed by atoms with Crippen LogP contribution in [0.2, 0.25) is 0 Å². The third kappa shape index (κ3) is 3.77. The number of nitrogens with one attached hydrogen (secondary N) is 1. The van der Waals surface area contributed by atoms with Crippen LogP contribution in [-0.2, 0) is 0 Å². The standard InChI is InChI=1S/C14H22N2O/c1-5-12(6-2)15-13-9-7-8-11(10-13)14(17)16(3)4/h7-10,12,15H,5-6H2,1-4H3. The van der Waals surface area contributed by atoms with Crippen molar-refractivity contribution in [3.05, 3.63) is 29.8 Å². The SMILES string of the molecule is CCC(CC)Nc1cccc(C(=O)N(C)C)c1. The van der Waals surface area contributed by atoms with Gasteiger partial charge in [0.2, 0.25) is 0 Å². The summed E-state index contributed by atoms with van der Waals surface area (Å²) in [5, 5.41) is 3.44. The van der Waals surface area contributed by atoms with Crippen LogP contribution < -0.4 is 5.32 Å². The molecule has 3 heteroatoms. The Kier molecular flexibility index (Phi) is 5.01. The molecule has 94 valence electrons. The largest absolute Gasteiger partial charge is 0.382 e. The predicted molar refractivity (Wildman–Crippen MR) is 72.5 cm³/mol. The fourth-order valence-corrected chi connectivity index (χ4v) is 1.73. The smallest absolute Gasteiger partial charge is 0.253 e. The molecule has 1 amide bonds. The molecule has 0 atom stereocenters. The number of rotatable bonds is 5. The Labute approximate surface area is 104 Å². The Hall–Kier alpha value is -1.51. The molecule has 1 aromatic carbocycles. The molecule has 0 radical (unpaired) electrons. The highest BCUT2D eigenvalue weighted by molar-refractivity contribution is 5.94.